The fraction of sp³-hybridized carbons (Fsp3) is 0.643. The number of esters is 1. The van der Waals surface area contributed by atoms with Gasteiger partial charge in [-0.1, -0.05) is 0 Å². The summed E-state index contributed by atoms with van der Waals surface area (Å²) in [4.78, 5) is 25.3. The third-order valence-corrected chi connectivity index (χ3v) is 3.47. The van der Waals surface area contributed by atoms with Gasteiger partial charge in [0.1, 0.15) is 6.54 Å². The maximum Gasteiger partial charge on any atom is 0.307 e. The summed E-state index contributed by atoms with van der Waals surface area (Å²) < 4.78 is 11.8. The summed E-state index contributed by atoms with van der Waals surface area (Å²) in [6, 6.07) is 1.77. The molecule has 116 valence electrons. The molecule has 2 heterocycles. The Labute approximate surface area is 123 Å². The molecule has 1 unspecified atom stereocenters. The van der Waals surface area contributed by atoms with Crippen LogP contribution in [0, 0.1) is 0 Å². The number of carbonyl (C=O) groups is 2. The molecule has 0 bridgehead atoms. The minimum absolute atomic E-state index is 0.0595. The van der Waals surface area contributed by atoms with Gasteiger partial charge in [0.15, 0.2) is 0 Å². The molecule has 1 amide bonds. The fourth-order valence-corrected chi connectivity index (χ4v) is 2.31. The second-order valence-corrected chi connectivity index (χ2v) is 5.00. The van der Waals surface area contributed by atoms with E-state index in [0.29, 0.717) is 13.1 Å². The Morgan fingerprint density at radius 1 is 1.52 bits per heavy atom. The van der Waals surface area contributed by atoms with Gasteiger partial charge in [-0.15, -0.1) is 0 Å². The Hall–Kier alpha value is -1.89. The van der Waals surface area contributed by atoms with Crippen molar-refractivity contribution in [2.75, 3.05) is 26.8 Å². The Morgan fingerprint density at radius 3 is 3.00 bits per heavy atom. The van der Waals surface area contributed by atoms with E-state index in [-0.39, 0.29) is 30.9 Å². The minimum Gasteiger partial charge on any atom is -0.469 e. The van der Waals surface area contributed by atoms with Gasteiger partial charge in [-0.3, -0.25) is 14.3 Å². The molecule has 1 aliphatic heterocycles. The molecule has 1 aliphatic rings. The number of rotatable bonds is 7. The molecule has 0 aromatic carbocycles. The SMILES string of the molecule is COC(=O)CCN(CC1CCCO1)C(=O)Cn1cccn1. The van der Waals surface area contributed by atoms with E-state index in [1.165, 1.54) is 7.11 Å². The number of methoxy groups -OCH3 is 1. The van der Waals surface area contributed by atoms with E-state index in [2.05, 4.69) is 9.84 Å². The van der Waals surface area contributed by atoms with Gasteiger partial charge in [-0.05, 0) is 18.9 Å². The van der Waals surface area contributed by atoms with E-state index in [4.69, 9.17) is 4.74 Å². The molecular formula is C14H21N3O4. The van der Waals surface area contributed by atoms with Crippen molar-refractivity contribution < 1.29 is 19.1 Å². The Morgan fingerprint density at radius 2 is 2.38 bits per heavy atom. The first-order valence-corrected chi connectivity index (χ1v) is 7.12. The highest BCUT2D eigenvalue weighted by molar-refractivity contribution is 5.77. The summed E-state index contributed by atoms with van der Waals surface area (Å²) >= 11 is 0. The molecule has 1 fully saturated rings. The molecule has 1 atom stereocenters. The topological polar surface area (TPSA) is 73.7 Å². The number of nitrogens with zero attached hydrogens (tertiary/aromatic N) is 3. The summed E-state index contributed by atoms with van der Waals surface area (Å²) in [5.74, 6) is -0.391. The highest BCUT2D eigenvalue weighted by Crippen LogP contribution is 2.14. The zero-order chi connectivity index (χ0) is 15.1. The monoisotopic (exact) mass is 295 g/mol. The highest BCUT2D eigenvalue weighted by Gasteiger charge is 2.23. The molecule has 7 nitrogen and oxygen atoms in total. The van der Waals surface area contributed by atoms with Gasteiger partial charge < -0.3 is 14.4 Å². The summed E-state index contributed by atoms with van der Waals surface area (Å²) in [6.07, 6.45) is 5.58. The normalized spacial score (nSPS) is 17.7. The van der Waals surface area contributed by atoms with E-state index >= 15 is 0 Å². The standard InChI is InChI=1S/C14H21N3O4/c1-20-14(19)5-8-16(10-12-4-2-9-21-12)13(18)11-17-7-3-6-15-17/h3,6-7,12H,2,4-5,8-11H2,1H3. The molecule has 0 spiro atoms. The fourth-order valence-electron chi connectivity index (χ4n) is 2.31. The van der Waals surface area contributed by atoms with E-state index in [0.717, 1.165) is 19.4 Å². The average molecular weight is 295 g/mol. The number of aromatic nitrogens is 2. The van der Waals surface area contributed by atoms with Gasteiger partial charge in [0.2, 0.25) is 5.91 Å². The van der Waals surface area contributed by atoms with Crippen LogP contribution in [0.15, 0.2) is 18.5 Å². The lowest BCUT2D eigenvalue weighted by Crippen LogP contribution is -2.40. The lowest BCUT2D eigenvalue weighted by atomic mass is 10.2. The summed E-state index contributed by atoms with van der Waals surface area (Å²) in [5, 5.41) is 4.03. The van der Waals surface area contributed by atoms with Crippen molar-refractivity contribution in [3.8, 4) is 0 Å². The van der Waals surface area contributed by atoms with Crippen LogP contribution in [0.1, 0.15) is 19.3 Å². The Kier molecular flexibility index (Phi) is 5.74. The maximum atomic E-state index is 12.4. The van der Waals surface area contributed by atoms with E-state index in [9.17, 15) is 9.59 Å². The van der Waals surface area contributed by atoms with Crippen molar-refractivity contribution in [1.82, 2.24) is 14.7 Å². The van der Waals surface area contributed by atoms with Crippen molar-refractivity contribution in [2.45, 2.75) is 31.9 Å². The molecule has 1 aromatic rings. The van der Waals surface area contributed by atoms with Crippen LogP contribution < -0.4 is 0 Å². The predicted octanol–water partition coefficient (Wildman–Crippen LogP) is 0.454. The largest absolute Gasteiger partial charge is 0.469 e. The van der Waals surface area contributed by atoms with Crippen LogP contribution in [0.5, 0.6) is 0 Å². The van der Waals surface area contributed by atoms with E-state index < -0.39 is 0 Å². The number of ether oxygens (including phenoxy) is 2. The Balaban J connectivity index is 1.92. The zero-order valence-corrected chi connectivity index (χ0v) is 12.2. The van der Waals surface area contributed by atoms with E-state index in [1.54, 1.807) is 28.0 Å². The van der Waals surface area contributed by atoms with Gasteiger partial charge in [-0.2, -0.15) is 5.10 Å². The van der Waals surface area contributed by atoms with Gasteiger partial charge in [0.05, 0.1) is 19.6 Å². The molecule has 0 aliphatic carbocycles. The first-order chi connectivity index (χ1) is 10.2. The smallest absolute Gasteiger partial charge is 0.307 e. The third kappa shape index (κ3) is 4.86. The van der Waals surface area contributed by atoms with Gasteiger partial charge in [0, 0.05) is 32.1 Å². The number of hydrogen-bond acceptors (Lipinski definition) is 5. The predicted molar refractivity (Wildman–Crippen MR) is 74.4 cm³/mol. The number of hydrogen-bond donors (Lipinski definition) is 0. The van der Waals surface area contributed by atoms with Crippen molar-refractivity contribution in [1.29, 1.82) is 0 Å². The Bertz CT molecular complexity index is 455. The molecule has 21 heavy (non-hydrogen) atoms. The minimum atomic E-state index is -0.320. The molecule has 0 N–H and O–H groups in total. The van der Waals surface area contributed by atoms with Crippen LogP contribution in [-0.2, 0) is 25.6 Å². The first-order valence-electron chi connectivity index (χ1n) is 7.12. The van der Waals surface area contributed by atoms with Crippen LogP contribution in [0.2, 0.25) is 0 Å². The quantitative estimate of drug-likeness (QED) is 0.683. The summed E-state index contributed by atoms with van der Waals surface area (Å²) in [5.41, 5.74) is 0. The maximum absolute atomic E-state index is 12.4. The van der Waals surface area contributed by atoms with Crippen molar-refractivity contribution >= 4 is 11.9 Å². The third-order valence-electron chi connectivity index (χ3n) is 3.47. The van der Waals surface area contributed by atoms with Crippen LogP contribution in [0.4, 0.5) is 0 Å². The van der Waals surface area contributed by atoms with Gasteiger partial charge in [0.25, 0.3) is 0 Å². The second kappa shape index (κ2) is 7.78. The number of amides is 1. The average Bonchev–Trinajstić information content (AvgIpc) is 3.16. The molecule has 2 rings (SSSR count). The van der Waals surface area contributed by atoms with Crippen LogP contribution in [0.25, 0.3) is 0 Å². The molecule has 1 aromatic heterocycles. The summed E-state index contributed by atoms with van der Waals surface area (Å²) in [6.45, 7) is 1.76. The number of carbonyl (C=O) groups excluding carboxylic acids is 2. The van der Waals surface area contributed by atoms with Crippen molar-refractivity contribution in [3.63, 3.8) is 0 Å². The first kappa shape index (κ1) is 15.5. The highest BCUT2D eigenvalue weighted by atomic mass is 16.5. The molecule has 1 saturated heterocycles. The molecular weight excluding hydrogens is 274 g/mol. The van der Waals surface area contributed by atoms with Crippen LogP contribution >= 0.6 is 0 Å². The molecule has 0 saturated carbocycles. The van der Waals surface area contributed by atoms with Crippen molar-refractivity contribution in [3.05, 3.63) is 18.5 Å². The van der Waals surface area contributed by atoms with Crippen LogP contribution in [-0.4, -0.2) is 59.5 Å². The lowest BCUT2D eigenvalue weighted by molar-refractivity contribution is -0.142. The molecule has 7 heteroatoms. The van der Waals surface area contributed by atoms with Gasteiger partial charge in [-0.25, -0.2) is 0 Å². The summed E-state index contributed by atoms with van der Waals surface area (Å²) in [7, 11) is 1.35. The lowest BCUT2D eigenvalue weighted by Gasteiger charge is -2.25. The van der Waals surface area contributed by atoms with Crippen molar-refractivity contribution in [2.24, 2.45) is 0 Å². The zero-order valence-electron chi connectivity index (χ0n) is 12.2. The van der Waals surface area contributed by atoms with Gasteiger partial charge >= 0.3 is 5.97 Å². The molecule has 0 radical (unpaired) electrons. The van der Waals surface area contributed by atoms with E-state index in [1.807, 2.05) is 0 Å². The van der Waals surface area contributed by atoms with Crippen LogP contribution in [0.3, 0.4) is 0 Å². The second-order valence-electron chi connectivity index (χ2n) is 5.00.